The van der Waals surface area contributed by atoms with Crippen molar-refractivity contribution in [3.05, 3.63) is 18.0 Å². The number of likely N-dealkylation sites (N-methyl/N-ethyl adjacent to an activating group) is 1. The van der Waals surface area contributed by atoms with E-state index in [-0.39, 0.29) is 6.04 Å². The van der Waals surface area contributed by atoms with E-state index < -0.39 is 0 Å². The molecule has 0 saturated heterocycles. The Morgan fingerprint density at radius 1 is 1.53 bits per heavy atom. The summed E-state index contributed by atoms with van der Waals surface area (Å²) < 4.78 is 2.15. The first-order valence-electron chi connectivity index (χ1n) is 7.11. The summed E-state index contributed by atoms with van der Waals surface area (Å²) in [6.45, 7) is 2.82. The molecule has 1 aliphatic rings. The third-order valence-electron chi connectivity index (χ3n) is 4.10. The van der Waals surface area contributed by atoms with Gasteiger partial charge in [-0.05, 0) is 32.9 Å². The summed E-state index contributed by atoms with van der Waals surface area (Å²) in [7, 11) is 2.03. The minimum Gasteiger partial charge on any atom is -0.392 e. The SMILES string of the molecule is CC(C(N)=S)N(C)Cc1ccn(C2CCCCC2)n1. The molecule has 106 valence electrons. The second-order valence-electron chi connectivity index (χ2n) is 5.57. The summed E-state index contributed by atoms with van der Waals surface area (Å²) in [6, 6.07) is 2.81. The Balaban J connectivity index is 1.95. The van der Waals surface area contributed by atoms with Gasteiger partial charge in [-0.25, -0.2) is 0 Å². The maximum atomic E-state index is 5.68. The van der Waals surface area contributed by atoms with Crippen molar-refractivity contribution in [1.29, 1.82) is 0 Å². The second kappa shape index (κ2) is 6.48. The van der Waals surface area contributed by atoms with Crippen LogP contribution in [0.15, 0.2) is 12.3 Å². The molecule has 1 saturated carbocycles. The summed E-state index contributed by atoms with van der Waals surface area (Å²) in [4.78, 5) is 2.67. The van der Waals surface area contributed by atoms with Gasteiger partial charge < -0.3 is 5.73 Å². The zero-order valence-corrected chi connectivity index (χ0v) is 12.7. The van der Waals surface area contributed by atoms with E-state index in [0.29, 0.717) is 11.0 Å². The van der Waals surface area contributed by atoms with Gasteiger partial charge in [0.1, 0.15) is 0 Å². The quantitative estimate of drug-likeness (QED) is 0.842. The van der Waals surface area contributed by atoms with Crippen molar-refractivity contribution < 1.29 is 0 Å². The van der Waals surface area contributed by atoms with Gasteiger partial charge in [-0.15, -0.1) is 0 Å². The van der Waals surface area contributed by atoms with Gasteiger partial charge in [-0.3, -0.25) is 9.58 Å². The van der Waals surface area contributed by atoms with Crippen LogP contribution in [0.25, 0.3) is 0 Å². The lowest BCUT2D eigenvalue weighted by atomic mass is 9.96. The molecule has 1 fully saturated rings. The Morgan fingerprint density at radius 3 is 2.84 bits per heavy atom. The third kappa shape index (κ3) is 3.76. The van der Waals surface area contributed by atoms with Crippen molar-refractivity contribution in [2.45, 2.75) is 57.7 Å². The highest BCUT2D eigenvalue weighted by Gasteiger charge is 2.17. The Hall–Kier alpha value is -0.940. The van der Waals surface area contributed by atoms with Crippen molar-refractivity contribution in [3.63, 3.8) is 0 Å². The van der Waals surface area contributed by atoms with Gasteiger partial charge in [0.05, 0.1) is 22.8 Å². The molecule has 0 aliphatic heterocycles. The van der Waals surface area contributed by atoms with Crippen molar-refractivity contribution in [2.75, 3.05) is 7.05 Å². The number of rotatable bonds is 5. The molecule has 0 spiro atoms. The van der Waals surface area contributed by atoms with Crippen LogP contribution in [0.4, 0.5) is 0 Å². The van der Waals surface area contributed by atoms with E-state index in [2.05, 4.69) is 21.8 Å². The standard InChI is InChI=1S/C14H24N4S/c1-11(14(15)19)17(2)10-12-8-9-18(16-12)13-6-4-3-5-7-13/h8-9,11,13H,3-7,10H2,1-2H3,(H2,15,19). The summed E-state index contributed by atoms with van der Waals surface area (Å²) in [5, 5.41) is 4.71. The molecule has 2 N–H and O–H groups in total. The summed E-state index contributed by atoms with van der Waals surface area (Å²) in [5.74, 6) is 0. The number of nitrogens with zero attached hydrogens (tertiary/aromatic N) is 3. The fourth-order valence-electron chi connectivity index (χ4n) is 2.62. The normalized spacial score (nSPS) is 18.7. The van der Waals surface area contributed by atoms with E-state index in [4.69, 9.17) is 23.1 Å². The Morgan fingerprint density at radius 2 is 2.21 bits per heavy atom. The molecule has 0 bridgehead atoms. The van der Waals surface area contributed by atoms with E-state index in [1.807, 2.05) is 14.0 Å². The number of thiocarbonyl (C=S) groups is 1. The van der Waals surface area contributed by atoms with Gasteiger partial charge in [-0.2, -0.15) is 5.10 Å². The van der Waals surface area contributed by atoms with Crippen LogP contribution in [0.1, 0.15) is 50.8 Å². The lowest BCUT2D eigenvalue weighted by molar-refractivity contribution is 0.292. The minimum absolute atomic E-state index is 0.106. The van der Waals surface area contributed by atoms with Crippen molar-refractivity contribution in [3.8, 4) is 0 Å². The number of nitrogens with two attached hydrogens (primary N) is 1. The van der Waals surface area contributed by atoms with Crippen LogP contribution >= 0.6 is 12.2 Å². The average Bonchev–Trinajstić information content (AvgIpc) is 2.87. The first-order chi connectivity index (χ1) is 9.08. The largest absolute Gasteiger partial charge is 0.392 e. The second-order valence-corrected chi connectivity index (χ2v) is 6.04. The van der Waals surface area contributed by atoms with Crippen LogP contribution in [0, 0.1) is 0 Å². The number of aromatic nitrogens is 2. The van der Waals surface area contributed by atoms with Crippen LogP contribution in [-0.4, -0.2) is 32.8 Å². The van der Waals surface area contributed by atoms with E-state index in [1.54, 1.807) is 0 Å². The third-order valence-corrected chi connectivity index (χ3v) is 4.44. The average molecular weight is 280 g/mol. The van der Waals surface area contributed by atoms with Crippen molar-refractivity contribution >= 4 is 17.2 Å². The fourth-order valence-corrected chi connectivity index (χ4v) is 2.80. The molecule has 5 heteroatoms. The molecule has 1 aliphatic carbocycles. The molecule has 4 nitrogen and oxygen atoms in total. The summed E-state index contributed by atoms with van der Waals surface area (Å²) in [6.07, 6.45) is 8.68. The molecule has 19 heavy (non-hydrogen) atoms. The molecule has 0 amide bonds. The molecule has 2 rings (SSSR count). The Labute approximate surface area is 121 Å². The maximum absolute atomic E-state index is 5.68. The Kier molecular flexibility index (Phi) is 4.93. The first-order valence-corrected chi connectivity index (χ1v) is 7.52. The van der Waals surface area contributed by atoms with Gasteiger partial charge in [-0.1, -0.05) is 31.5 Å². The highest BCUT2D eigenvalue weighted by atomic mass is 32.1. The molecule has 1 aromatic heterocycles. The van der Waals surface area contributed by atoms with Crippen LogP contribution < -0.4 is 5.73 Å². The molecular formula is C14H24N4S. The van der Waals surface area contributed by atoms with Gasteiger partial charge in [0.25, 0.3) is 0 Å². The first kappa shape index (κ1) is 14.5. The van der Waals surface area contributed by atoms with Crippen LogP contribution in [-0.2, 0) is 6.54 Å². The molecular weight excluding hydrogens is 256 g/mol. The van der Waals surface area contributed by atoms with E-state index in [1.165, 1.54) is 32.1 Å². The zero-order chi connectivity index (χ0) is 13.8. The van der Waals surface area contributed by atoms with Crippen molar-refractivity contribution in [2.24, 2.45) is 5.73 Å². The van der Waals surface area contributed by atoms with Gasteiger partial charge >= 0.3 is 0 Å². The number of hydrogen-bond donors (Lipinski definition) is 1. The smallest absolute Gasteiger partial charge is 0.0899 e. The molecule has 0 radical (unpaired) electrons. The highest BCUT2D eigenvalue weighted by Crippen LogP contribution is 2.27. The topological polar surface area (TPSA) is 47.1 Å². The monoisotopic (exact) mass is 280 g/mol. The zero-order valence-electron chi connectivity index (χ0n) is 11.9. The fraction of sp³-hybridized carbons (Fsp3) is 0.714. The molecule has 1 unspecified atom stereocenters. The minimum atomic E-state index is 0.106. The van der Waals surface area contributed by atoms with Crippen molar-refractivity contribution in [1.82, 2.24) is 14.7 Å². The highest BCUT2D eigenvalue weighted by molar-refractivity contribution is 7.80. The molecule has 1 aromatic rings. The van der Waals surface area contributed by atoms with E-state index in [9.17, 15) is 0 Å². The van der Waals surface area contributed by atoms with Crippen LogP contribution in [0.3, 0.4) is 0 Å². The predicted molar refractivity (Wildman–Crippen MR) is 82.1 cm³/mol. The molecule has 0 aromatic carbocycles. The van der Waals surface area contributed by atoms with Gasteiger partial charge in [0, 0.05) is 12.7 Å². The lowest BCUT2D eigenvalue weighted by Gasteiger charge is -2.23. The summed E-state index contributed by atoms with van der Waals surface area (Å²) >= 11 is 5.03. The molecule has 1 heterocycles. The molecule has 1 atom stereocenters. The summed E-state index contributed by atoms with van der Waals surface area (Å²) in [5.41, 5.74) is 6.77. The predicted octanol–water partition coefficient (Wildman–Crippen LogP) is 2.49. The van der Waals surface area contributed by atoms with Gasteiger partial charge in [0.15, 0.2) is 0 Å². The number of hydrogen-bond acceptors (Lipinski definition) is 3. The van der Waals surface area contributed by atoms with Crippen LogP contribution in [0.2, 0.25) is 0 Å². The van der Waals surface area contributed by atoms with Gasteiger partial charge in [0.2, 0.25) is 0 Å². The Bertz CT molecular complexity index is 423. The van der Waals surface area contributed by atoms with E-state index in [0.717, 1.165) is 12.2 Å². The van der Waals surface area contributed by atoms with E-state index >= 15 is 0 Å². The lowest BCUT2D eigenvalue weighted by Crippen LogP contribution is -2.38. The van der Waals surface area contributed by atoms with Crippen LogP contribution in [0.5, 0.6) is 0 Å². The maximum Gasteiger partial charge on any atom is 0.0899 e.